The van der Waals surface area contributed by atoms with Crippen molar-refractivity contribution in [1.29, 1.82) is 0 Å². The number of hydrogen-bond donors (Lipinski definition) is 1. The summed E-state index contributed by atoms with van der Waals surface area (Å²) in [6.07, 6.45) is 1.83. The molecule has 37 heavy (non-hydrogen) atoms. The van der Waals surface area contributed by atoms with Crippen LogP contribution in [0.5, 0.6) is 0 Å². The predicted molar refractivity (Wildman–Crippen MR) is 146 cm³/mol. The van der Waals surface area contributed by atoms with E-state index < -0.39 is 0 Å². The van der Waals surface area contributed by atoms with Gasteiger partial charge in [0.1, 0.15) is 0 Å². The van der Waals surface area contributed by atoms with Crippen molar-refractivity contribution in [3.05, 3.63) is 123 Å². The number of fused-ring (bicyclic) bond motifs is 1. The van der Waals surface area contributed by atoms with Crippen molar-refractivity contribution in [1.82, 2.24) is 30.1 Å². The van der Waals surface area contributed by atoms with Gasteiger partial charge in [0.2, 0.25) is 0 Å². The summed E-state index contributed by atoms with van der Waals surface area (Å²) in [5.41, 5.74) is 4.97. The van der Waals surface area contributed by atoms with Crippen molar-refractivity contribution in [2.45, 2.75) is 52.4 Å². The van der Waals surface area contributed by atoms with Crippen LogP contribution < -0.4 is 5.56 Å². The number of H-pyrrole nitrogens is 1. The van der Waals surface area contributed by atoms with Crippen molar-refractivity contribution in [2.75, 3.05) is 0 Å². The smallest absolute Gasteiger partial charge is 0.252 e. The number of tetrazole rings is 1. The van der Waals surface area contributed by atoms with Gasteiger partial charge in [-0.25, -0.2) is 4.68 Å². The fourth-order valence-electron chi connectivity index (χ4n) is 4.86. The summed E-state index contributed by atoms with van der Waals surface area (Å²) in [7, 11) is 0. The number of hydrogen-bond acceptors (Lipinski definition) is 5. The van der Waals surface area contributed by atoms with Crippen LogP contribution in [-0.4, -0.2) is 30.1 Å². The highest BCUT2D eigenvalue weighted by atomic mass is 16.1. The molecule has 0 aliphatic rings. The fourth-order valence-corrected chi connectivity index (χ4v) is 4.86. The molecule has 2 heterocycles. The number of benzene rings is 3. The van der Waals surface area contributed by atoms with E-state index in [1.165, 1.54) is 5.56 Å². The lowest BCUT2D eigenvalue weighted by molar-refractivity contribution is 0.156. The Bertz CT molecular complexity index is 1510. The standard InChI is InChI=1S/C30H32N6O/c1-3-10-28(29-32-33-34-36(29)20-24-13-8-5-9-14-24)35(19-23-11-6-4-7-12-23)21-26-18-25-16-15-22(2)17-27(25)31-30(26)37/h4-9,11-18,28H,3,10,19-21H2,1-2H3,(H,31,37)/t28-/m1/s1. The average Bonchev–Trinajstić information content (AvgIpc) is 3.36. The van der Waals surface area contributed by atoms with Gasteiger partial charge in [0.15, 0.2) is 5.82 Å². The van der Waals surface area contributed by atoms with Crippen molar-refractivity contribution in [2.24, 2.45) is 0 Å². The predicted octanol–water partition coefficient (Wildman–Crippen LogP) is 5.41. The monoisotopic (exact) mass is 492 g/mol. The van der Waals surface area contributed by atoms with Gasteiger partial charge in [-0.2, -0.15) is 0 Å². The van der Waals surface area contributed by atoms with Crippen LogP contribution in [0.2, 0.25) is 0 Å². The Morgan fingerprint density at radius 1 is 0.919 bits per heavy atom. The third-order valence-electron chi connectivity index (χ3n) is 6.72. The van der Waals surface area contributed by atoms with Gasteiger partial charge in [0.25, 0.3) is 5.56 Å². The maximum Gasteiger partial charge on any atom is 0.252 e. The van der Waals surface area contributed by atoms with E-state index in [1.54, 1.807) is 0 Å². The summed E-state index contributed by atoms with van der Waals surface area (Å²) in [4.78, 5) is 18.6. The van der Waals surface area contributed by atoms with Gasteiger partial charge in [0, 0.05) is 24.2 Å². The van der Waals surface area contributed by atoms with Crippen LogP contribution >= 0.6 is 0 Å². The van der Waals surface area contributed by atoms with E-state index in [2.05, 4.69) is 68.7 Å². The maximum atomic E-state index is 13.2. The summed E-state index contributed by atoms with van der Waals surface area (Å²) >= 11 is 0. The third kappa shape index (κ3) is 5.84. The Morgan fingerprint density at radius 2 is 1.65 bits per heavy atom. The van der Waals surface area contributed by atoms with E-state index in [-0.39, 0.29) is 11.6 Å². The number of aromatic nitrogens is 5. The summed E-state index contributed by atoms with van der Waals surface area (Å²) in [5, 5.41) is 13.9. The van der Waals surface area contributed by atoms with Crippen LogP contribution in [0, 0.1) is 6.92 Å². The molecule has 7 heteroatoms. The number of aromatic amines is 1. The second-order valence-corrected chi connectivity index (χ2v) is 9.59. The Balaban J connectivity index is 1.53. The Kier molecular flexibility index (Phi) is 7.51. The molecule has 0 aliphatic carbocycles. The summed E-state index contributed by atoms with van der Waals surface area (Å²) < 4.78 is 1.89. The van der Waals surface area contributed by atoms with Gasteiger partial charge in [-0.1, -0.05) is 86.1 Å². The molecule has 0 spiro atoms. The van der Waals surface area contributed by atoms with Crippen molar-refractivity contribution < 1.29 is 0 Å². The van der Waals surface area contributed by atoms with Gasteiger partial charge in [-0.05, 0) is 58.0 Å². The Morgan fingerprint density at radius 3 is 2.38 bits per heavy atom. The van der Waals surface area contributed by atoms with Gasteiger partial charge in [0.05, 0.1) is 12.6 Å². The Hall–Kier alpha value is -4.10. The molecule has 0 fully saturated rings. The molecule has 5 rings (SSSR count). The minimum absolute atomic E-state index is 0.0583. The quantitative estimate of drug-likeness (QED) is 0.282. The zero-order valence-corrected chi connectivity index (χ0v) is 21.3. The van der Waals surface area contributed by atoms with Gasteiger partial charge >= 0.3 is 0 Å². The molecule has 0 amide bonds. The SMILES string of the molecule is CCC[C@H](c1nnnn1Cc1ccccc1)N(Cc1ccccc1)Cc1cc2ccc(C)cc2[nH]c1=O. The highest BCUT2D eigenvalue weighted by molar-refractivity contribution is 5.79. The van der Waals surface area contributed by atoms with Crippen LogP contribution in [0.1, 0.15) is 53.9 Å². The lowest BCUT2D eigenvalue weighted by Gasteiger charge is -2.31. The molecule has 7 nitrogen and oxygen atoms in total. The summed E-state index contributed by atoms with van der Waals surface area (Å²) in [6.45, 7) is 5.96. The fraction of sp³-hybridized carbons (Fsp3) is 0.267. The van der Waals surface area contributed by atoms with Crippen molar-refractivity contribution >= 4 is 10.9 Å². The molecular formula is C30H32N6O. The van der Waals surface area contributed by atoms with E-state index >= 15 is 0 Å². The van der Waals surface area contributed by atoms with Gasteiger partial charge in [-0.3, -0.25) is 9.69 Å². The number of rotatable bonds is 10. The largest absolute Gasteiger partial charge is 0.322 e. The molecule has 0 aliphatic heterocycles. The molecule has 188 valence electrons. The van der Waals surface area contributed by atoms with E-state index in [9.17, 15) is 4.79 Å². The van der Waals surface area contributed by atoms with Gasteiger partial charge < -0.3 is 4.98 Å². The minimum Gasteiger partial charge on any atom is -0.322 e. The zero-order chi connectivity index (χ0) is 25.6. The van der Waals surface area contributed by atoms with Crippen LogP contribution in [0.3, 0.4) is 0 Å². The highest BCUT2D eigenvalue weighted by Gasteiger charge is 2.27. The molecule has 0 radical (unpaired) electrons. The molecular weight excluding hydrogens is 460 g/mol. The molecule has 1 N–H and O–H groups in total. The first kappa shape index (κ1) is 24.6. The van der Waals surface area contributed by atoms with E-state index in [1.807, 2.05) is 60.1 Å². The molecule has 1 atom stereocenters. The van der Waals surface area contributed by atoms with E-state index in [4.69, 9.17) is 0 Å². The van der Waals surface area contributed by atoms with Crippen LogP contribution in [0.15, 0.2) is 89.7 Å². The highest BCUT2D eigenvalue weighted by Crippen LogP contribution is 2.28. The number of nitrogens with one attached hydrogen (secondary N) is 1. The molecule has 5 aromatic rings. The second-order valence-electron chi connectivity index (χ2n) is 9.59. The van der Waals surface area contributed by atoms with E-state index in [0.29, 0.717) is 19.6 Å². The zero-order valence-electron chi connectivity index (χ0n) is 21.3. The first-order valence-corrected chi connectivity index (χ1v) is 12.8. The van der Waals surface area contributed by atoms with Crippen LogP contribution in [-0.2, 0) is 19.6 Å². The number of pyridine rings is 1. The number of aryl methyl sites for hydroxylation is 1. The first-order valence-electron chi connectivity index (χ1n) is 12.8. The molecule has 2 aromatic heterocycles. The molecule has 0 bridgehead atoms. The maximum absolute atomic E-state index is 13.2. The minimum atomic E-state index is -0.0599. The molecule has 0 saturated carbocycles. The van der Waals surface area contributed by atoms with Crippen LogP contribution in [0.25, 0.3) is 10.9 Å². The van der Waals surface area contributed by atoms with Crippen molar-refractivity contribution in [3.8, 4) is 0 Å². The first-order chi connectivity index (χ1) is 18.1. The molecule has 0 unspecified atom stereocenters. The average molecular weight is 493 g/mol. The topological polar surface area (TPSA) is 79.7 Å². The van der Waals surface area contributed by atoms with E-state index in [0.717, 1.165) is 46.3 Å². The summed E-state index contributed by atoms with van der Waals surface area (Å²) in [6, 6.07) is 28.7. The summed E-state index contributed by atoms with van der Waals surface area (Å²) in [5.74, 6) is 0.814. The normalized spacial score (nSPS) is 12.3. The lowest BCUT2D eigenvalue weighted by atomic mass is 10.0. The number of nitrogens with zero attached hydrogens (tertiary/aromatic N) is 5. The third-order valence-corrected chi connectivity index (χ3v) is 6.72. The lowest BCUT2D eigenvalue weighted by Crippen LogP contribution is -2.32. The molecule has 0 saturated heterocycles. The van der Waals surface area contributed by atoms with Gasteiger partial charge in [-0.15, -0.1) is 5.10 Å². The Labute approximate surface area is 216 Å². The van der Waals surface area contributed by atoms with Crippen LogP contribution in [0.4, 0.5) is 0 Å². The van der Waals surface area contributed by atoms with Crippen molar-refractivity contribution in [3.63, 3.8) is 0 Å². The molecule has 3 aromatic carbocycles. The second kappa shape index (κ2) is 11.3.